The van der Waals surface area contributed by atoms with Gasteiger partial charge in [-0.25, -0.2) is 9.59 Å². The van der Waals surface area contributed by atoms with E-state index in [0.29, 0.717) is 13.2 Å². The molecule has 13 heteroatoms. The van der Waals surface area contributed by atoms with E-state index < -0.39 is 79.4 Å². The molecule has 0 amide bonds. The SMILES string of the molecule is CC(OCCCCCN)C(C[C@@H](OCc1ccccc1)C(OCc1ccccc1)C(OC(=O)c1ccccc1)C(O)COC(=O)c1ccccc1)C1COC(c2ccccc2)OC1[C@@H](C=O)OCc1ccc2ccccc2c1. The highest BCUT2D eigenvalue weighted by atomic mass is 16.7. The largest absolute Gasteiger partial charge is 0.459 e. The predicted octanol–water partition coefficient (Wildman–Crippen LogP) is 10.8. The third-order valence-electron chi connectivity index (χ3n) is 14.1. The van der Waals surface area contributed by atoms with E-state index in [9.17, 15) is 19.5 Å². The highest BCUT2D eigenvalue weighted by molar-refractivity contribution is 5.90. The van der Waals surface area contributed by atoms with Gasteiger partial charge in [0.2, 0.25) is 0 Å². The molecule has 0 aliphatic carbocycles. The van der Waals surface area contributed by atoms with Gasteiger partial charge in [-0.05, 0) is 103 Å². The van der Waals surface area contributed by atoms with E-state index in [0.717, 1.165) is 58.6 Å². The van der Waals surface area contributed by atoms with Gasteiger partial charge in [0.25, 0.3) is 0 Å². The molecule has 1 saturated heterocycles. The number of aldehydes is 1. The molecule has 0 bridgehead atoms. The summed E-state index contributed by atoms with van der Waals surface area (Å²) in [6.45, 7) is 2.72. The van der Waals surface area contributed by atoms with Gasteiger partial charge in [-0.15, -0.1) is 0 Å². The second kappa shape index (κ2) is 30.3. The molecule has 10 atom stereocenters. The minimum atomic E-state index is -1.63. The second-order valence-electron chi connectivity index (χ2n) is 19.6. The molecule has 0 saturated carbocycles. The van der Waals surface area contributed by atoms with Crippen molar-refractivity contribution in [2.75, 3.05) is 26.4 Å². The quantitative estimate of drug-likeness (QED) is 0.0248. The standard InChI is InChI=1S/C65H71NO12/c1-46(71-37-21-7-20-36-66)55(56-44-76-65(53-31-16-6-17-32-53)78-60(56)59(40-67)73-43-49-34-35-50-26-18-19-33-54(50)38-49)39-58(72-41-47-22-8-2-9-23-47)62(74-42-48-24-10-3-11-25-48)61(77-64(70)52-29-14-5-15-30-52)57(68)45-75-63(69)51-27-12-4-13-28-51/h2-6,8-19,22-35,38,40,46,55-62,65,68H,7,20-21,36-37,39,41-45,66H2,1H3/t46?,55?,56?,57?,58-,59-,60?,61?,62?,65?/m1/s1. The molecule has 8 rings (SSSR count). The van der Waals surface area contributed by atoms with Crippen LogP contribution in [0.5, 0.6) is 0 Å². The summed E-state index contributed by atoms with van der Waals surface area (Å²) in [6.07, 6.45) is -5.34. The zero-order valence-corrected chi connectivity index (χ0v) is 44.1. The first-order chi connectivity index (χ1) is 38.3. The molecule has 1 fully saturated rings. The Hall–Kier alpha value is -6.91. The van der Waals surface area contributed by atoms with Crippen molar-refractivity contribution in [2.24, 2.45) is 17.6 Å². The number of esters is 2. The van der Waals surface area contributed by atoms with Crippen molar-refractivity contribution in [3.8, 4) is 0 Å². The fourth-order valence-electron chi connectivity index (χ4n) is 9.88. The fraction of sp³-hybridized carbons (Fsp3) is 0.338. The summed E-state index contributed by atoms with van der Waals surface area (Å²) in [5, 5.41) is 14.6. The molecule has 1 aliphatic rings. The number of rotatable bonds is 30. The van der Waals surface area contributed by atoms with Crippen molar-refractivity contribution < 1.29 is 57.4 Å². The molecule has 1 heterocycles. The van der Waals surface area contributed by atoms with Gasteiger partial charge in [0.1, 0.15) is 24.9 Å². The Morgan fingerprint density at radius 3 is 1.85 bits per heavy atom. The number of carbonyl (C=O) groups excluding carboxylic acids is 3. The van der Waals surface area contributed by atoms with Gasteiger partial charge in [-0.3, -0.25) is 0 Å². The maximum Gasteiger partial charge on any atom is 0.338 e. The number of hydrogen-bond acceptors (Lipinski definition) is 13. The van der Waals surface area contributed by atoms with Gasteiger partial charge in [-0.1, -0.05) is 164 Å². The molecule has 1 aliphatic heterocycles. The summed E-state index contributed by atoms with van der Waals surface area (Å²) in [4.78, 5) is 41.5. The van der Waals surface area contributed by atoms with Crippen LogP contribution in [0.2, 0.25) is 0 Å². The molecular weight excluding hydrogens is 987 g/mol. The van der Waals surface area contributed by atoms with Crippen molar-refractivity contribution >= 4 is 29.0 Å². The van der Waals surface area contributed by atoms with Gasteiger partial charge in [-0.2, -0.15) is 0 Å². The van der Waals surface area contributed by atoms with Crippen LogP contribution >= 0.6 is 0 Å². The number of benzene rings is 7. The zero-order valence-electron chi connectivity index (χ0n) is 44.1. The van der Waals surface area contributed by atoms with Crippen molar-refractivity contribution in [1.29, 1.82) is 0 Å². The van der Waals surface area contributed by atoms with Crippen LogP contribution in [0, 0.1) is 11.8 Å². The van der Waals surface area contributed by atoms with Crippen LogP contribution in [0.4, 0.5) is 0 Å². The van der Waals surface area contributed by atoms with Crippen LogP contribution < -0.4 is 5.73 Å². The summed E-state index contributed by atoms with van der Waals surface area (Å²) in [7, 11) is 0. The maximum atomic E-state index is 14.4. The molecule has 3 N–H and O–H groups in total. The number of aliphatic hydroxyl groups is 1. The van der Waals surface area contributed by atoms with Gasteiger partial charge in [0, 0.05) is 18.1 Å². The van der Waals surface area contributed by atoms with Crippen molar-refractivity contribution in [3.05, 3.63) is 228 Å². The molecule has 8 unspecified atom stereocenters. The first-order valence-corrected chi connectivity index (χ1v) is 26.9. The number of ether oxygens (including phenoxy) is 8. The van der Waals surface area contributed by atoms with E-state index in [-0.39, 0.29) is 44.0 Å². The van der Waals surface area contributed by atoms with E-state index in [1.54, 1.807) is 60.7 Å². The average molecular weight is 1060 g/mol. The lowest BCUT2D eigenvalue weighted by molar-refractivity contribution is -0.277. The van der Waals surface area contributed by atoms with Gasteiger partial charge >= 0.3 is 11.9 Å². The molecular formula is C65H71NO12. The zero-order chi connectivity index (χ0) is 54.3. The Balaban J connectivity index is 1.21. The van der Waals surface area contributed by atoms with Crippen molar-refractivity contribution in [2.45, 2.75) is 101 Å². The third kappa shape index (κ3) is 16.6. The highest BCUT2D eigenvalue weighted by Crippen LogP contribution is 2.40. The van der Waals surface area contributed by atoms with Crippen molar-refractivity contribution in [1.82, 2.24) is 0 Å². The molecule has 0 aromatic heterocycles. The van der Waals surface area contributed by atoms with Gasteiger partial charge in [0.05, 0.1) is 55.9 Å². The van der Waals surface area contributed by atoms with E-state index in [1.165, 1.54) is 0 Å². The lowest BCUT2D eigenvalue weighted by Crippen LogP contribution is -2.54. The minimum Gasteiger partial charge on any atom is -0.459 e. The summed E-state index contributed by atoms with van der Waals surface area (Å²) in [5.74, 6) is -2.55. The number of aliphatic hydroxyl groups excluding tert-OH is 1. The van der Waals surface area contributed by atoms with Gasteiger partial charge in [0.15, 0.2) is 18.7 Å². The monoisotopic (exact) mass is 1060 g/mol. The van der Waals surface area contributed by atoms with Crippen LogP contribution in [0.1, 0.15) is 81.9 Å². The summed E-state index contributed by atoms with van der Waals surface area (Å²) >= 11 is 0. The molecule has 7 aromatic rings. The van der Waals surface area contributed by atoms with Crippen LogP contribution in [0.3, 0.4) is 0 Å². The lowest BCUT2D eigenvalue weighted by atomic mass is 9.77. The molecule has 0 spiro atoms. The topological polar surface area (TPSA) is 171 Å². The molecule has 0 radical (unpaired) electrons. The Bertz CT molecular complexity index is 2860. The maximum absolute atomic E-state index is 14.4. The van der Waals surface area contributed by atoms with E-state index in [4.69, 9.17) is 43.6 Å². The number of carbonyl (C=O) groups is 3. The summed E-state index contributed by atoms with van der Waals surface area (Å²) in [6, 6.07) is 59.7. The third-order valence-corrected chi connectivity index (χ3v) is 14.1. The molecule has 7 aromatic carbocycles. The van der Waals surface area contributed by atoms with Crippen LogP contribution in [-0.4, -0.2) is 92.4 Å². The molecule has 408 valence electrons. The van der Waals surface area contributed by atoms with E-state index in [1.807, 2.05) is 134 Å². The number of fused-ring (bicyclic) bond motifs is 1. The highest BCUT2D eigenvalue weighted by Gasteiger charge is 2.48. The Morgan fingerprint density at radius 2 is 1.21 bits per heavy atom. The van der Waals surface area contributed by atoms with E-state index >= 15 is 0 Å². The lowest BCUT2D eigenvalue weighted by Gasteiger charge is -2.45. The fourth-order valence-corrected chi connectivity index (χ4v) is 9.88. The second-order valence-corrected chi connectivity index (χ2v) is 19.6. The normalized spacial score (nSPS) is 18.2. The minimum absolute atomic E-state index is 0.0112. The molecule has 78 heavy (non-hydrogen) atoms. The Labute approximate surface area is 457 Å². The summed E-state index contributed by atoms with van der Waals surface area (Å²) in [5.41, 5.74) is 9.68. The number of unbranched alkanes of at least 4 members (excludes halogenated alkanes) is 2. The number of nitrogens with two attached hydrogens (primary N) is 1. The Morgan fingerprint density at radius 1 is 0.628 bits per heavy atom. The average Bonchev–Trinajstić information content (AvgIpc) is 3.52. The first-order valence-electron chi connectivity index (χ1n) is 26.9. The molecule has 13 nitrogen and oxygen atoms in total. The smallest absolute Gasteiger partial charge is 0.338 e. The predicted molar refractivity (Wildman–Crippen MR) is 297 cm³/mol. The summed E-state index contributed by atoms with van der Waals surface area (Å²) < 4.78 is 53.3. The van der Waals surface area contributed by atoms with Crippen LogP contribution in [-0.2, 0) is 62.5 Å². The van der Waals surface area contributed by atoms with Crippen LogP contribution in [0.25, 0.3) is 10.8 Å². The van der Waals surface area contributed by atoms with Crippen molar-refractivity contribution in [3.63, 3.8) is 0 Å². The number of hydrogen-bond donors (Lipinski definition) is 2. The van der Waals surface area contributed by atoms with Gasteiger partial charge < -0.3 is 53.5 Å². The first kappa shape index (κ1) is 57.3. The van der Waals surface area contributed by atoms with Crippen LogP contribution in [0.15, 0.2) is 194 Å². The Kier molecular flexibility index (Phi) is 22.2. The van der Waals surface area contributed by atoms with E-state index in [2.05, 4.69) is 6.07 Å².